The van der Waals surface area contributed by atoms with Crippen molar-refractivity contribution >= 4 is 17.6 Å². The maximum absolute atomic E-state index is 12.9. The van der Waals surface area contributed by atoms with Crippen LogP contribution in [0.1, 0.15) is 35.8 Å². The van der Waals surface area contributed by atoms with Crippen molar-refractivity contribution in [3.8, 4) is 11.5 Å². The summed E-state index contributed by atoms with van der Waals surface area (Å²) in [5.41, 5.74) is 2.59. The molecule has 8 heteroatoms. The number of amides is 1. The highest BCUT2D eigenvalue weighted by Crippen LogP contribution is 2.33. The number of nitrogens with zero attached hydrogens (tertiary/aromatic N) is 2. The molecule has 1 aromatic heterocycles. The fraction of sp³-hybridized carbons (Fsp3) is 0.269. The second-order valence-electron chi connectivity index (χ2n) is 7.77. The van der Waals surface area contributed by atoms with Crippen LogP contribution in [0.25, 0.3) is 0 Å². The highest BCUT2D eigenvalue weighted by atomic mass is 16.5. The predicted molar refractivity (Wildman–Crippen MR) is 125 cm³/mol. The molecule has 0 radical (unpaired) electrons. The average molecular weight is 463 g/mol. The van der Waals surface area contributed by atoms with Crippen molar-refractivity contribution in [2.75, 3.05) is 20.3 Å². The Morgan fingerprint density at radius 2 is 1.88 bits per heavy atom. The summed E-state index contributed by atoms with van der Waals surface area (Å²) in [4.78, 5) is 25.1. The summed E-state index contributed by atoms with van der Waals surface area (Å²) in [5.74, 6) is 1.10. The molecule has 34 heavy (non-hydrogen) atoms. The molecule has 0 spiro atoms. The van der Waals surface area contributed by atoms with Gasteiger partial charge in [-0.05, 0) is 60.5 Å². The zero-order valence-electron chi connectivity index (χ0n) is 19.1. The molecule has 1 atom stereocenters. The van der Waals surface area contributed by atoms with Gasteiger partial charge in [-0.15, -0.1) is 0 Å². The van der Waals surface area contributed by atoms with Crippen molar-refractivity contribution in [3.63, 3.8) is 0 Å². The van der Waals surface area contributed by atoms with Crippen molar-refractivity contribution in [1.82, 2.24) is 5.01 Å². The second-order valence-corrected chi connectivity index (χ2v) is 7.77. The Morgan fingerprint density at radius 1 is 1.09 bits per heavy atom. The molecule has 0 bridgehead atoms. The number of para-hydroxylation sites is 1. The van der Waals surface area contributed by atoms with Gasteiger partial charge in [0.05, 0.1) is 32.1 Å². The van der Waals surface area contributed by atoms with E-state index in [1.54, 1.807) is 25.5 Å². The predicted octanol–water partition coefficient (Wildman–Crippen LogP) is 4.29. The van der Waals surface area contributed by atoms with E-state index < -0.39 is 24.5 Å². The fourth-order valence-electron chi connectivity index (χ4n) is 3.64. The number of benzene rings is 2. The quantitative estimate of drug-likeness (QED) is 0.441. The van der Waals surface area contributed by atoms with Gasteiger partial charge in [0.15, 0.2) is 6.61 Å². The highest BCUT2D eigenvalue weighted by Gasteiger charge is 2.35. The molecule has 1 unspecified atom stereocenters. The van der Waals surface area contributed by atoms with Gasteiger partial charge in [0.1, 0.15) is 23.3 Å². The molecular formula is C26H26N2O6. The Labute approximate surface area is 197 Å². The lowest BCUT2D eigenvalue weighted by molar-refractivity contribution is -0.153. The van der Waals surface area contributed by atoms with Crippen LogP contribution in [0.3, 0.4) is 0 Å². The van der Waals surface area contributed by atoms with Crippen LogP contribution in [-0.2, 0) is 14.3 Å². The highest BCUT2D eigenvalue weighted by molar-refractivity contribution is 6.03. The molecule has 176 valence electrons. The number of hydrazone groups is 1. The molecule has 1 aliphatic rings. The minimum Gasteiger partial charge on any atom is -0.497 e. The molecule has 0 aliphatic carbocycles. The van der Waals surface area contributed by atoms with Crippen LogP contribution in [0.5, 0.6) is 11.5 Å². The first-order valence-electron chi connectivity index (χ1n) is 11.0. The van der Waals surface area contributed by atoms with E-state index in [-0.39, 0.29) is 13.0 Å². The van der Waals surface area contributed by atoms with Crippen LogP contribution in [-0.4, -0.2) is 42.9 Å². The number of hydrogen-bond donors (Lipinski definition) is 0. The molecule has 2 heterocycles. The first-order valence-corrected chi connectivity index (χ1v) is 11.0. The van der Waals surface area contributed by atoms with Crippen molar-refractivity contribution in [3.05, 3.63) is 83.8 Å². The molecule has 8 nitrogen and oxygen atoms in total. The number of carbonyl (C=O) groups is 2. The summed E-state index contributed by atoms with van der Waals surface area (Å²) < 4.78 is 21.6. The Kier molecular flexibility index (Phi) is 7.27. The summed E-state index contributed by atoms with van der Waals surface area (Å²) >= 11 is 0. The van der Waals surface area contributed by atoms with Crippen LogP contribution >= 0.6 is 0 Å². The third kappa shape index (κ3) is 5.46. The van der Waals surface area contributed by atoms with Crippen LogP contribution in [0, 0.1) is 6.92 Å². The Balaban J connectivity index is 1.36. The zero-order valence-corrected chi connectivity index (χ0v) is 19.1. The lowest BCUT2D eigenvalue weighted by Crippen LogP contribution is -2.31. The van der Waals surface area contributed by atoms with Gasteiger partial charge in [-0.3, -0.25) is 9.59 Å². The number of esters is 1. The third-order valence-corrected chi connectivity index (χ3v) is 5.47. The van der Waals surface area contributed by atoms with Crippen LogP contribution in [0.15, 0.2) is 76.4 Å². The molecule has 1 aliphatic heterocycles. The normalized spacial score (nSPS) is 15.1. The van der Waals surface area contributed by atoms with Crippen molar-refractivity contribution in [2.45, 2.75) is 25.8 Å². The van der Waals surface area contributed by atoms with Gasteiger partial charge >= 0.3 is 5.97 Å². The summed E-state index contributed by atoms with van der Waals surface area (Å²) in [5, 5.41) is 5.85. The van der Waals surface area contributed by atoms with Gasteiger partial charge in [-0.1, -0.05) is 18.2 Å². The van der Waals surface area contributed by atoms with E-state index in [1.807, 2.05) is 55.5 Å². The van der Waals surface area contributed by atoms with E-state index >= 15 is 0 Å². The van der Waals surface area contributed by atoms with Crippen LogP contribution in [0.2, 0.25) is 0 Å². The number of rotatable bonds is 9. The molecule has 0 saturated heterocycles. The number of furan rings is 1. The van der Waals surface area contributed by atoms with Crippen molar-refractivity contribution in [2.24, 2.45) is 5.10 Å². The average Bonchev–Trinajstić information content (AvgIpc) is 3.54. The Morgan fingerprint density at radius 3 is 2.59 bits per heavy atom. The van der Waals surface area contributed by atoms with E-state index in [4.69, 9.17) is 18.6 Å². The summed E-state index contributed by atoms with van der Waals surface area (Å²) in [6, 6.07) is 18.1. The van der Waals surface area contributed by atoms with Gasteiger partial charge in [-0.25, -0.2) is 5.01 Å². The van der Waals surface area contributed by atoms with Gasteiger partial charge < -0.3 is 18.6 Å². The van der Waals surface area contributed by atoms with E-state index in [1.165, 1.54) is 5.01 Å². The SMILES string of the molecule is COc1ccc(C2=NN(C(=O)COC(=O)CCOc3ccccc3C)C(c3ccco3)C2)cc1. The first-order chi connectivity index (χ1) is 16.5. The van der Waals surface area contributed by atoms with Crippen LogP contribution < -0.4 is 9.47 Å². The maximum Gasteiger partial charge on any atom is 0.309 e. The number of methoxy groups -OCH3 is 1. The maximum atomic E-state index is 12.9. The lowest BCUT2D eigenvalue weighted by atomic mass is 10.0. The molecule has 0 N–H and O–H groups in total. The number of carbonyl (C=O) groups excluding carboxylic acids is 2. The van der Waals surface area contributed by atoms with Gasteiger partial charge in [0.2, 0.25) is 0 Å². The summed E-state index contributed by atoms with van der Waals surface area (Å²) in [6.45, 7) is 1.68. The summed E-state index contributed by atoms with van der Waals surface area (Å²) in [6.07, 6.45) is 2.06. The van der Waals surface area contributed by atoms with Crippen molar-refractivity contribution < 1.29 is 28.2 Å². The minimum absolute atomic E-state index is 0.0313. The van der Waals surface area contributed by atoms with Gasteiger partial charge in [0, 0.05) is 6.42 Å². The fourth-order valence-corrected chi connectivity index (χ4v) is 3.64. The smallest absolute Gasteiger partial charge is 0.309 e. The lowest BCUT2D eigenvalue weighted by Gasteiger charge is -2.19. The molecule has 3 aromatic rings. The van der Waals surface area contributed by atoms with Gasteiger partial charge in [0.25, 0.3) is 5.91 Å². The van der Waals surface area contributed by atoms with E-state index in [9.17, 15) is 9.59 Å². The molecule has 1 amide bonds. The number of hydrogen-bond acceptors (Lipinski definition) is 7. The Hall–Kier alpha value is -4.07. The molecule has 4 rings (SSSR count). The van der Waals surface area contributed by atoms with E-state index in [0.717, 1.165) is 22.6 Å². The van der Waals surface area contributed by atoms with E-state index in [2.05, 4.69) is 5.10 Å². The standard InChI is InChI=1S/C26H26N2O6/c1-18-6-3-4-7-23(18)33-15-13-26(30)34-17-25(29)28-22(24-8-5-14-32-24)16-21(27-28)19-9-11-20(31-2)12-10-19/h3-12,14,22H,13,15-17H2,1-2H3. The third-order valence-electron chi connectivity index (χ3n) is 5.47. The van der Waals surface area contributed by atoms with Gasteiger partial charge in [-0.2, -0.15) is 5.10 Å². The summed E-state index contributed by atoms with van der Waals surface area (Å²) in [7, 11) is 1.60. The first kappa shape index (κ1) is 23.1. The van der Waals surface area contributed by atoms with Crippen LogP contribution in [0.4, 0.5) is 0 Å². The Bertz CT molecular complexity index is 1150. The minimum atomic E-state index is -0.518. The van der Waals surface area contributed by atoms with E-state index in [0.29, 0.717) is 17.9 Å². The number of ether oxygens (including phenoxy) is 3. The molecule has 2 aromatic carbocycles. The number of aryl methyl sites for hydroxylation is 1. The zero-order chi connectivity index (χ0) is 23.9. The molecular weight excluding hydrogens is 436 g/mol. The molecule has 0 saturated carbocycles. The topological polar surface area (TPSA) is 90.6 Å². The second kappa shape index (κ2) is 10.7. The largest absolute Gasteiger partial charge is 0.497 e. The van der Waals surface area contributed by atoms with Crippen molar-refractivity contribution in [1.29, 1.82) is 0 Å². The molecule has 0 fully saturated rings. The monoisotopic (exact) mass is 462 g/mol.